The van der Waals surface area contributed by atoms with Crippen LogP contribution in [0.3, 0.4) is 0 Å². The van der Waals surface area contributed by atoms with E-state index in [2.05, 4.69) is 16.0 Å². The molecule has 0 saturated heterocycles. The predicted molar refractivity (Wildman–Crippen MR) is 130 cm³/mol. The minimum Gasteiger partial charge on any atom is -0.508 e. The molecule has 0 radical (unpaired) electrons. The summed E-state index contributed by atoms with van der Waals surface area (Å²) in [6.45, 7) is 3.53. The largest absolute Gasteiger partial charge is 0.508 e. The van der Waals surface area contributed by atoms with E-state index in [1.807, 2.05) is 0 Å². The van der Waals surface area contributed by atoms with Gasteiger partial charge in [0.1, 0.15) is 23.9 Å². The number of nitrogens with one attached hydrogen (secondary N) is 3. The van der Waals surface area contributed by atoms with Crippen LogP contribution in [-0.4, -0.2) is 69.9 Å². The highest BCUT2D eigenvalue weighted by molar-refractivity contribution is 5.96. The molecular weight excluding hydrogens is 488 g/mol. The zero-order valence-corrected chi connectivity index (χ0v) is 20.6. The second kappa shape index (κ2) is 14.4. The molecule has 1 aromatic rings. The molecule has 0 spiro atoms. The molecule has 0 aliphatic heterocycles. The Labute approximate surface area is 213 Å². The number of phenols is 1. The minimum atomic E-state index is -1.52. The van der Waals surface area contributed by atoms with Crippen molar-refractivity contribution < 1.29 is 39.0 Å². The summed E-state index contributed by atoms with van der Waals surface area (Å²) in [5.41, 5.74) is 16.3. The van der Waals surface area contributed by atoms with E-state index in [4.69, 9.17) is 17.2 Å². The molecule has 1 aromatic carbocycles. The van der Waals surface area contributed by atoms with Crippen LogP contribution >= 0.6 is 0 Å². The fraction of sp³-hybridized carbons (Fsp3) is 0.478. The summed E-state index contributed by atoms with van der Waals surface area (Å²) in [5.74, 6) is -5.92. The van der Waals surface area contributed by atoms with Gasteiger partial charge in [-0.05, 0) is 30.0 Å². The highest BCUT2D eigenvalue weighted by atomic mass is 16.4. The zero-order chi connectivity index (χ0) is 28.3. The number of carbonyl (C=O) groups excluding carboxylic acids is 5. The van der Waals surface area contributed by atoms with Gasteiger partial charge in [-0.1, -0.05) is 26.0 Å². The summed E-state index contributed by atoms with van der Waals surface area (Å²) in [6.07, 6.45) is -1.13. The molecule has 5 amide bonds. The number of benzene rings is 1. The average molecular weight is 523 g/mol. The number of aliphatic carboxylic acids is 1. The van der Waals surface area contributed by atoms with E-state index in [9.17, 15) is 39.0 Å². The second-order valence-corrected chi connectivity index (χ2v) is 8.97. The molecular formula is C23H34N6O8. The molecule has 11 N–H and O–H groups in total. The fourth-order valence-electron chi connectivity index (χ4n) is 3.31. The molecule has 4 atom stereocenters. The second-order valence-electron chi connectivity index (χ2n) is 8.97. The van der Waals surface area contributed by atoms with Gasteiger partial charge >= 0.3 is 5.97 Å². The SMILES string of the molecule is CC(C)CC(NC(=O)C(CC(N)=O)NC(=O)C(N)CC(N)=O)C(=O)NC(Cc1ccc(O)cc1)C(=O)O. The third-order valence-corrected chi connectivity index (χ3v) is 5.13. The van der Waals surface area contributed by atoms with Crippen molar-refractivity contribution in [1.29, 1.82) is 0 Å². The minimum absolute atomic E-state index is 0.00689. The molecule has 1 rings (SSSR count). The van der Waals surface area contributed by atoms with Gasteiger partial charge in [0.25, 0.3) is 0 Å². The van der Waals surface area contributed by atoms with Crippen molar-refractivity contribution in [1.82, 2.24) is 16.0 Å². The molecule has 204 valence electrons. The first kappa shape index (κ1) is 30.8. The molecule has 0 heterocycles. The normalized spacial score (nSPS) is 14.1. The molecule has 0 fully saturated rings. The maximum atomic E-state index is 13.0. The number of carboxylic acids is 1. The van der Waals surface area contributed by atoms with Gasteiger partial charge in [-0.2, -0.15) is 0 Å². The van der Waals surface area contributed by atoms with Gasteiger partial charge in [0.05, 0.1) is 18.9 Å². The number of carbonyl (C=O) groups is 6. The number of carboxylic acid groups (broad SMARTS) is 1. The summed E-state index contributed by atoms with van der Waals surface area (Å²) in [5, 5.41) is 26.0. The van der Waals surface area contributed by atoms with Crippen LogP contribution in [0.4, 0.5) is 0 Å². The average Bonchev–Trinajstić information content (AvgIpc) is 2.77. The van der Waals surface area contributed by atoms with Crippen LogP contribution in [0.2, 0.25) is 0 Å². The van der Waals surface area contributed by atoms with Crippen molar-refractivity contribution >= 4 is 35.5 Å². The summed E-state index contributed by atoms with van der Waals surface area (Å²) < 4.78 is 0. The Morgan fingerprint density at radius 1 is 0.784 bits per heavy atom. The van der Waals surface area contributed by atoms with E-state index >= 15 is 0 Å². The number of hydrogen-bond acceptors (Lipinski definition) is 8. The number of rotatable bonds is 15. The first-order valence-corrected chi connectivity index (χ1v) is 11.4. The Morgan fingerprint density at radius 3 is 1.76 bits per heavy atom. The van der Waals surface area contributed by atoms with Crippen molar-refractivity contribution in [2.45, 2.75) is 63.7 Å². The first-order valence-electron chi connectivity index (χ1n) is 11.4. The van der Waals surface area contributed by atoms with E-state index in [0.29, 0.717) is 5.56 Å². The van der Waals surface area contributed by atoms with Crippen molar-refractivity contribution in [3.8, 4) is 5.75 Å². The number of phenolic OH excluding ortho intramolecular Hbond substituents is 1. The zero-order valence-electron chi connectivity index (χ0n) is 20.6. The lowest BCUT2D eigenvalue weighted by Crippen LogP contribution is -2.58. The highest BCUT2D eigenvalue weighted by Crippen LogP contribution is 2.12. The standard InChI is InChI=1S/C23H34N6O8/c1-11(2)7-15(21(34)29-17(23(36)37)8-12-3-5-13(30)6-4-12)28-22(35)16(10-19(26)32)27-20(33)14(24)9-18(25)31/h3-6,11,14-17,30H,7-10,24H2,1-2H3,(H2,25,31)(H2,26,32)(H,27,33)(H,28,35)(H,29,34)(H,36,37). The van der Waals surface area contributed by atoms with Crippen LogP contribution in [0.15, 0.2) is 24.3 Å². The highest BCUT2D eigenvalue weighted by Gasteiger charge is 2.31. The van der Waals surface area contributed by atoms with Gasteiger partial charge in [0.15, 0.2) is 0 Å². The maximum absolute atomic E-state index is 13.0. The Hall–Kier alpha value is -4.20. The lowest BCUT2D eigenvalue weighted by molar-refractivity contribution is -0.142. The molecule has 14 heteroatoms. The van der Waals surface area contributed by atoms with E-state index in [1.54, 1.807) is 13.8 Å². The molecule has 0 aromatic heterocycles. The van der Waals surface area contributed by atoms with Gasteiger partial charge in [-0.25, -0.2) is 4.79 Å². The Bertz CT molecular complexity index is 997. The molecule has 0 saturated carbocycles. The van der Waals surface area contributed by atoms with Crippen LogP contribution in [0, 0.1) is 5.92 Å². The lowest BCUT2D eigenvalue weighted by atomic mass is 10.0. The van der Waals surface area contributed by atoms with Crippen molar-refractivity contribution in [3.05, 3.63) is 29.8 Å². The van der Waals surface area contributed by atoms with Gasteiger partial charge in [-0.3, -0.25) is 24.0 Å². The van der Waals surface area contributed by atoms with E-state index in [0.717, 1.165) is 0 Å². The van der Waals surface area contributed by atoms with E-state index in [1.165, 1.54) is 24.3 Å². The third-order valence-electron chi connectivity index (χ3n) is 5.13. The summed E-state index contributed by atoms with van der Waals surface area (Å²) in [7, 11) is 0. The summed E-state index contributed by atoms with van der Waals surface area (Å²) in [6, 6.07) is 0.291. The summed E-state index contributed by atoms with van der Waals surface area (Å²) in [4.78, 5) is 72.4. The van der Waals surface area contributed by atoms with Crippen LogP contribution < -0.4 is 33.2 Å². The quantitative estimate of drug-likeness (QED) is 0.122. The van der Waals surface area contributed by atoms with E-state index < -0.39 is 72.5 Å². The number of primary amides is 2. The maximum Gasteiger partial charge on any atom is 0.326 e. The summed E-state index contributed by atoms with van der Waals surface area (Å²) >= 11 is 0. The van der Waals surface area contributed by atoms with Crippen LogP contribution in [0.1, 0.15) is 38.7 Å². The van der Waals surface area contributed by atoms with Crippen molar-refractivity contribution in [2.24, 2.45) is 23.1 Å². The Morgan fingerprint density at radius 2 is 1.27 bits per heavy atom. The van der Waals surface area contributed by atoms with Crippen LogP contribution in [0.25, 0.3) is 0 Å². The van der Waals surface area contributed by atoms with E-state index in [-0.39, 0.29) is 24.5 Å². The Kier molecular flexibility index (Phi) is 12.0. The van der Waals surface area contributed by atoms with Gasteiger partial charge in [0, 0.05) is 6.42 Å². The molecule has 0 aliphatic carbocycles. The van der Waals surface area contributed by atoms with Gasteiger partial charge in [0.2, 0.25) is 29.5 Å². The van der Waals surface area contributed by atoms with Gasteiger partial charge in [-0.15, -0.1) is 0 Å². The number of amides is 5. The lowest BCUT2D eigenvalue weighted by Gasteiger charge is -2.25. The van der Waals surface area contributed by atoms with Crippen molar-refractivity contribution in [3.63, 3.8) is 0 Å². The van der Waals surface area contributed by atoms with Crippen LogP contribution in [-0.2, 0) is 35.2 Å². The van der Waals surface area contributed by atoms with Crippen LogP contribution in [0.5, 0.6) is 5.75 Å². The first-order chi connectivity index (χ1) is 17.2. The van der Waals surface area contributed by atoms with Crippen molar-refractivity contribution in [2.75, 3.05) is 0 Å². The number of nitrogens with two attached hydrogens (primary N) is 3. The third kappa shape index (κ3) is 11.4. The topological polar surface area (TPSA) is 257 Å². The molecule has 0 aliphatic rings. The Balaban J connectivity index is 3.03. The molecule has 14 nitrogen and oxygen atoms in total. The number of hydrogen-bond donors (Lipinski definition) is 8. The predicted octanol–water partition coefficient (Wildman–Crippen LogP) is -2.40. The number of aromatic hydroxyl groups is 1. The fourth-order valence-corrected chi connectivity index (χ4v) is 3.31. The molecule has 37 heavy (non-hydrogen) atoms. The smallest absolute Gasteiger partial charge is 0.326 e. The van der Waals surface area contributed by atoms with Gasteiger partial charge < -0.3 is 43.4 Å². The molecule has 4 unspecified atom stereocenters. The molecule has 0 bridgehead atoms. The monoisotopic (exact) mass is 522 g/mol.